The minimum absolute atomic E-state index is 0.303. The van der Waals surface area contributed by atoms with E-state index in [0.717, 1.165) is 22.9 Å². The molecule has 1 fully saturated rings. The summed E-state index contributed by atoms with van der Waals surface area (Å²) in [6, 6.07) is 8.88. The zero-order valence-corrected chi connectivity index (χ0v) is 16.4. The van der Waals surface area contributed by atoms with Crippen LogP contribution in [-0.2, 0) is 9.59 Å². The van der Waals surface area contributed by atoms with Crippen molar-refractivity contribution in [3.8, 4) is 0 Å². The number of allylic oxidation sites excluding steroid dienone is 2. The Morgan fingerprint density at radius 2 is 2.08 bits per heavy atom. The summed E-state index contributed by atoms with van der Waals surface area (Å²) < 4.78 is 0.303. The summed E-state index contributed by atoms with van der Waals surface area (Å²) in [7, 11) is 0. The number of amides is 1. The lowest BCUT2D eigenvalue weighted by atomic mass is 10.1. The number of aliphatic carboxylic acids is 1. The van der Waals surface area contributed by atoms with Gasteiger partial charge < -0.3 is 5.11 Å². The second-order valence-corrected chi connectivity index (χ2v) is 8.15. The zero-order chi connectivity index (χ0) is 18.4. The van der Waals surface area contributed by atoms with E-state index < -0.39 is 12.0 Å². The van der Waals surface area contributed by atoms with Crippen LogP contribution in [0.4, 0.5) is 0 Å². The molecule has 0 unspecified atom stereocenters. The van der Waals surface area contributed by atoms with E-state index in [9.17, 15) is 14.7 Å². The average molecular weight is 394 g/mol. The van der Waals surface area contributed by atoms with Crippen molar-refractivity contribution >= 4 is 58.0 Å². The molecule has 0 radical (unpaired) electrons. The highest BCUT2D eigenvalue weighted by Crippen LogP contribution is 2.34. The van der Waals surface area contributed by atoms with Crippen molar-refractivity contribution in [2.45, 2.75) is 19.4 Å². The number of carboxylic acid groups (broad SMARTS) is 1. The summed E-state index contributed by atoms with van der Waals surface area (Å²) in [4.78, 5) is 25.9. The lowest BCUT2D eigenvalue weighted by Gasteiger charge is -2.22. The van der Waals surface area contributed by atoms with Crippen LogP contribution in [0.15, 0.2) is 46.9 Å². The highest BCUT2D eigenvalue weighted by Gasteiger charge is 2.40. The zero-order valence-electron chi connectivity index (χ0n) is 14.0. The van der Waals surface area contributed by atoms with Gasteiger partial charge in [-0.1, -0.05) is 60.4 Å². The van der Waals surface area contributed by atoms with Gasteiger partial charge in [-0.05, 0) is 42.6 Å². The molecule has 1 N–H and O–H groups in total. The van der Waals surface area contributed by atoms with Gasteiger partial charge in [0.1, 0.15) is 10.4 Å². The first kappa shape index (κ1) is 19.8. The van der Waals surface area contributed by atoms with Crippen molar-refractivity contribution in [2.24, 2.45) is 0 Å². The minimum atomic E-state index is -1.02. The molecular weight excluding hydrogens is 374 g/mol. The second kappa shape index (κ2) is 9.22. The summed E-state index contributed by atoms with van der Waals surface area (Å²) >= 11 is 7.96. The standard InChI is InChI=1S/C18H19NO3S3/c1-12(10-13-6-4-3-5-7-13)11-15-16(20)19(18(23)25-15)14(17(21)22)8-9-24-2/h3-7,10-11,14H,8-9H2,1-2H3,(H,21,22)/b12-10+,15-11-/t14-/m1/s1. The molecule has 0 aliphatic carbocycles. The molecule has 25 heavy (non-hydrogen) atoms. The second-order valence-electron chi connectivity index (χ2n) is 5.49. The van der Waals surface area contributed by atoms with Gasteiger partial charge in [-0.2, -0.15) is 11.8 Å². The van der Waals surface area contributed by atoms with Crippen LogP contribution in [0.3, 0.4) is 0 Å². The topological polar surface area (TPSA) is 57.6 Å². The molecular formula is C18H19NO3S3. The van der Waals surface area contributed by atoms with E-state index in [1.807, 2.05) is 49.6 Å². The Morgan fingerprint density at radius 3 is 2.68 bits per heavy atom. The van der Waals surface area contributed by atoms with E-state index in [4.69, 9.17) is 12.2 Å². The van der Waals surface area contributed by atoms with E-state index in [1.54, 1.807) is 17.8 Å². The van der Waals surface area contributed by atoms with Gasteiger partial charge in [-0.15, -0.1) is 0 Å². The highest BCUT2D eigenvalue weighted by molar-refractivity contribution is 8.26. The molecule has 1 saturated heterocycles. The number of thiocarbonyl (C=S) groups is 1. The van der Waals surface area contributed by atoms with E-state index >= 15 is 0 Å². The molecule has 132 valence electrons. The number of thioether (sulfide) groups is 2. The summed E-state index contributed by atoms with van der Waals surface area (Å²) in [5.74, 6) is -0.701. The molecule has 2 rings (SSSR count). The molecule has 7 heteroatoms. The maximum Gasteiger partial charge on any atom is 0.326 e. The monoisotopic (exact) mass is 393 g/mol. The number of hydrogen-bond donors (Lipinski definition) is 1. The molecule has 4 nitrogen and oxygen atoms in total. The lowest BCUT2D eigenvalue weighted by molar-refractivity contribution is -0.145. The van der Waals surface area contributed by atoms with Crippen molar-refractivity contribution in [1.82, 2.24) is 4.90 Å². The van der Waals surface area contributed by atoms with Crippen LogP contribution in [0, 0.1) is 0 Å². The Bertz CT molecular complexity index is 728. The third-order valence-corrected chi connectivity index (χ3v) is 5.54. The Morgan fingerprint density at radius 1 is 1.40 bits per heavy atom. The predicted molar refractivity (Wildman–Crippen MR) is 110 cm³/mol. The predicted octanol–water partition coefficient (Wildman–Crippen LogP) is 4.04. The fourth-order valence-electron chi connectivity index (χ4n) is 2.40. The molecule has 0 spiro atoms. The highest BCUT2D eigenvalue weighted by atomic mass is 32.2. The van der Waals surface area contributed by atoms with Gasteiger partial charge in [-0.25, -0.2) is 4.79 Å². The SMILES string of the molecule is CSCC[C@H](C(=O)O)N1C(=O)/C(=C/C(C)=C/c2ccccc2)SC1=S. The largest absolute Gasteiger partial charge is 0.480 e. The van der Waals surface area contributed by atoms with Crippen molar-refractivity contribution in [3.05, 3.63) is 52.4 Å². The van der Waals surface area contributed by atoms with E-state index in [0.29, 0.717) is 21.4 Å². The Labute approximate surface area is 161 Å². The number of benzene rings is 1. The molecule has 0 bridgehead atoms. The fourth-order valence-corrected chi connectivity index (χ4v) is 4.27. The molecule has 0 aromatic heterocycles. The van der Waals surface area contributed by atoms with Crippen molar-refractivity contribution in [1.29, 1.82) is 0 Å². The van der Waals surface area contributed by atoms with Crippen molar-refractivity contribution < 1.29 is 14.7 Å². The Kier molecular flexibility index (Phi) is 7.28. The molecule has 1 amide bonds. The van der Waals surface area contributed by atoms with Gasteiger partial charge in [0.2, 0.25) is 0 Å². The van der Waals surface area contributed by atoms with E-state index in [1.165, 1.54) is 4.90 Å². The quantitative estimate of drug-likeness (QED) is 0.557. The number of carboxylic acids is 1. The summed E-state index contributed by atoms with van der Waals surface area (Å²) in [5.41, 5.74) is 1.94. The van der Waals surface area contributed by atoms with Crippen LogP contribution in [0.25, 0.3) is 6.08 Å². The lowest BCUT2D eigenvalue weighted by Crippen LogP contribution is -2.44. The van der Waals surface area contributed by atoms with E-state index in [-0.39, 0.29) is 5.91 Å². The van der Waals surface area contributed by atoms with Gasteiger partial charge in [-0.3, -0.25) is 9.69 Å². The van der Waals surface area contributed by atoms with Gasteiger partial charge >= 0.3 is 5.97 Å². The molecule has 1 aliphatic rings. The van der Waals surface area contributed by atoms with Crippen molar-refractivity contribution in [2.75, 3.05) is 12.0 Å². The maximum atomic E-state index is 12.7. The van der Waals surface area contributed by atoms with E-state index in [2.05, 4.69) is 0 Å². The molecule has 1 aromatic rings. The smallest absolute Gasteiger partial charge is 0.326 e. The van der Waals surface area contributed by atoms with Crippen LogP contribution < -0.4 is 0 Å². The summed E-state index contributed by atoms with van der Waals surface area (Å²) in [5, 5.41) is 9.46. The molecule has 1 aromatic carbocycles. The minimum Gasteiger partial charge on any atom is -0.480 e. The van der Waals surface area contributed by atoms with Crippen LogP contribution in [-0.4, -0.2) is 44.3 Å². The van der Waals surface area contributed by atoms with Crippen LogP contribution in [0.2, 0.25) is 0 Å². The number of carbonyl (C=O) groups excluding carboxylic acids is 1. The summed E-state index contributed by atoms with van der Waals surface area (Å²) in [6.07, 6.45) is 6.00. The number of rotatable bonds is 7. The normalized spacial score (nSPS) is 18.1. The van der Waals surface area contributed by atoms with Gasteiger partial charge in [0.15, 0.2) is 0 Å². The average Bonchev–Trinajstić information content (AvgIpc) is 2.83. The number of hydrogen-bond acceptors (Lipinski definition) is 5. The van der Waals surface area contributed by atoms with Crippen LogP contribution >= 0.6 is 35.7 Å². The third kappa shape index (κ3) is 5.20. The fraction of sp³-hybridized carbons (Fsp3) is 0.278. The first-order chi connectivity index (χ1) is 11.9. The third-order valence-electron chi connectivity index (χ3n) is 3.57. The van der Waals surface area contributed by atoms with Gasteiger partial charge in [0.05, 0.1) is 4.91 Å². The number of nitrogens with zero attached hydrogens (tertiary/aromatic N) is 1. The van der Waals surface area contributed by atoms with Crippen LogP contribution in [0.5, 0.6) is 0 Å². The van der Waals surface area contributed by atoms with Crippen LogP contribution in [0.1, 0.15) is 18.9 Å². The molecule has 1 aliphatic heterocycles. The van der Waals surface area contributed by atoms with Gasteiger partial charge in [0, 0.05) is 0 Å². The molecule has 0 saturated carbocycles. The summed E-state index contributed by atoms with van der Waals surface area (Å²) in [6.45, 7) is 1.90. The van der Waals surface area contributed by atoms with Gasteiger partial charge in [0.25, 0.3) is 5.91 Å². The first-order valence-corrected chi connectivity index (χ1v) is 10.3. The molecule has 1 heterocycles. The molecule has 1 atom stereocenters. The Balaban J connectivity index is 2.22. The van der Waals surface area contributed by atoms with Crippen molar-refractivity contribution in [3.63, 3.8) is 0 Å². The first-order valence-electron chi connectivity index (χ1n) is 7.66. The number of carbonyl (C=O) groups is 2. The Hall–Kier alpha value is -1.57. The maximum absolute atomic E-state index is 12.7.